The molecule has 1 heterocycles. The zero-order chi connectivity index (χ0) is 18.8. The first kappa shape index (κ1) is 18.9. The highest BCUT2D eigenvalue weighted by Crippen LogP contribution is 2.30. The first-order valence-corrected chi connectivity index (χ1v) is 8.41. The summed E-state index contributed by atoms with van der Waals surface area (Å²) >= 11 is 0. The predicted molar refractivity (Wildman–Crippen MR) is 100 cm³/mol. The van der Waals surface area contributed by atoms with Crippen molar-refractivity contribution in [2.45, 2.75) is 59.3 Å². The first-order valence-electron chi connectivity index (χ1n) is 8.41. The number of hydrogen-bond donors (Lipinski definition) is 1. The van der Waals surface area contributed by atoms with Crippen molar-refractivity contribution in [3.63, 3.8) is 0 Å². The van der Waals surface area contributed by atoms with Crippen molar-refractivity contribution in [2.75, 3.05) is 5.32 Å². The number of rotatable bonds is 3. The van der Waals surface area contributed by atoms with Gasteiger partial charge in [0.25, 0.3) is 0 Å². The molecule has 1 aromatic carbocycles. The Morgan fingerprint density at radius 1 is 0.960 bits per heavy atom. The van der Waals surface area contributed by atoms with Crippen LogP contribution in [0.2, 0.25) is 0 Å². The summed E-state index contributed by atoms with van der Waals surface area (Å²) in [6.07, 6.45) is 0. The smallest absolute Gasteiger partial charge is 0.222 e. The van der Waals surface area contributed by atoms with Crippen LogP contribution in [0.3, 0.4) is 0 Å². The van der Waals surface area contributed by atoms with Gasteiger partial charge in [-0.2, -0.15) is 4.98 Å². The molecule has 1 amide bonds. The van der Waals surface area contributed by atoms with E-state index in [0.29, 0.717) is 11.6 Å². The normalized spacial score (nSPS) is 12.0. The van der Waals surface area contributed by atoms with E-state index < -0.39 is 0 Å². The Balaban J connectivity index is 2.33. The van der Waals surface area contributed by atoms with Gasteiger partial charge in [0.2, 0.25) is 11.8 Å². The van der Waals surface area contributed by atoms with E-state index >= 15 is 0 Å². The lowest BCUT2D eigenvalue weighted by Crippen LogP contribution is -2.21. The van der Waals surface area contributed by atoms with Gasteiger partial charge < -0.3 is 10.1 Å². The Morgan fingerprint density at radius 3 is 2.04 bits per heavy atom. The van der Waals surface area contributed by atoms with Crippen molar-refractivity contribution >= 4 is 11.6 Å². The summed E-state index contributed by atoms with van der Waals surface area (Å²) in [4.78, 5) is 20.4. The molecule has 0 aliphatic heterocycles. The van der Waals surface area contributed by atoms with Crippen molar-refractivity contribution in [1.82, 2.24) is 9.97 Å². The molecule has 0 atom stereocenters. The minimum absolute atomic E-state index is 0.101. The number of anilines is 1. The van der Waals surface area contributed by atoms with Crippen molar-refractivity contribution in [3.05, 3.63) is 41.9 Å². The highest BCUT2D eigenvalue weighted by molar-refractivity contribution is 5.88. The van der Waals surface area contributed by atoms with Crippen LogP contribution >= 0.6 is 0 Å². The number of carbonyl (C=O) groups is 1. The van der Waals surface area contributed by atoms with Gasteiger partial charge in [-0.3, -0.25) is 4.79 Å². The molecule has 5 nitrogen and oxygen atoms in total. The number of hydrogen-bond acceptors (Lipinski definition) is 4. The zero-order valence-corrected chi connectivity index (χ0v) is 16.1. The van der Waals surface area contributed by atoms with E-state index in [1.54, 1.807) is 24.3 Å². The molecule has 1 N–H and O–H groups in total. The van der Waals surface area contributed by atoms with Crippen LogP contribution in [0.25, 0.3) is 0 Å². The van der Waals surface area contributed by atoms with Crippen LogP contribution in [0.15, 0.2) is 30.3 Å². The summed E-state index contributed by atoms with van der Waals surface area (Å²) in [5.74, 6) is 1.84. The number of carbonyl (C=O) groups excluding carboxylic acids is 1. The van der Waals surface area contributed by atoms with Gasteiger partial charge in [-0.15, -0.1) is 0 Å². The highest BCUT2D eigenvalue weighted by atomic mass is 16.5. The lowest BCUT2D eigenvalue weighted by Gasteiger charge is -2.23. The molecule has 25 heavy (non-hydrogen) atoms. The van der Waals surface area contributed by atoms with E-state index in [0.717, 1.165) is 17.2 Å². The Labute approximate surface area is 149 Å². The van der Waals surface area contributed by atoms with Crippen LogP contribution in [-0.2, 0) is 15.6 Å². The van der Waals surface area contributed by atoms with Crippen molar-refractivity contribution in [3.8, 4) is 11.6 Å². The zero-order valence-electron chi connectivity index (χ0n) is 16.1. The molecule has 0 saturated heterocycles. The molecule has 0 fully saturated rings. The second-order valence-electron chi connectivity index (χ2n) is 8.22. The van der Waals surface area contributed by atoms with Gasteiger partial charge in [0.05, 0.1) is 5.69 Å². The third-order valence-electron chi connectivity index (χ3n) is 3.54. The van der Waals surface area contributed by atoms with Gasteiger partial charge in [-0.1, -0.05) is 41.5 Å². The van der Waals surface area contributed by atoms with Gasteiger partial charge in [-0.25, -0.2) is 4.98 Å². The first-order chi connectivity index (χ1) is 11.4. The molecule has 0 radical (unpaired) electrons. The molecule has 2 rings (SSSR count). The molecular weight excluding hydrogens is 314 g/mol. The summed E-state index contributed by atoms with van der Waals surface area (Å²) in [5, 5.41) is 2.73. The van der Waals surface area contributed by atoms with Gasteiger partial charge in [0.15, 0.2) is 0 Å². The lowest BCUT2D eigenvalue weighted by atomic mass is 9.90. The number of nitrogens with one attached hydrogen (secondary N) is 1. The average Bonchev–Trinajstić information content (AvgIpc) is 2.46. The van der Waals surface area contributed by atoms with Gasteiger partial charge >= 0.3 is 0 Å². The monoisotopic (exact) mass is 341 g/mol. The van der Waals surface area contributed by atoms with E-state index in [4.69, 9.17) is 9.72 Å². The maximum absolute atomic E-state index is 11.1. The van der Waals surface area contributed by atoms with Crippen LogP contribution in [0, 0.1) is 0 Å². The summed E-state index contributed by atoms with van der Waals surface area (Å²) in [7, 11) is 0. The second kappa shape index (κ2) is 6.82. The fourth-order valence-electron chi connectivity index (χ4n) is 2.13. The van der Waals surface area contributed by atoms with Crippen LogP contribution in [0.4, 0.5) is 5.69 Å². The Morgan fingerprint density at radius 2 is 1.56 bits per heavy atom. The predicted octanol–water partition coefficient (Wildman–Crippen LogP) is 4.82. The Kier molecular flexibility index (Phi) is 5.16. The molecule has 0 spiro atoms. The van der Waals surface area contributed by atoms with E-state index in [1.165, 1.54) is 6.92 Å². The summed E-state index contributed by atoms with van der Waals surface area (Å²) < 4.78 is 5.95. The molecule has 0 aliphatic rings. The fraction of sp³-hybridized carbons (Fsp3) is 0.450. The van der Waals surface area contributed by atoms with Gasteiger partial charge in [0.1, 0.15) is 11.6 Å². The van der Waals surface area contributed by atoms with Crippen molar-refractivity contribution in [2.24, 2.45) is 0 Å². The fourth-order valence-corrected chi connectivity index (χ4v) is 2.13. The van der Waals surface area contributed by atoms with E-state index in [-0.39, 0.29) is 16.7 Å². The van der Waals surface area contributed by atoms with Crippen LogP contribution in [0.1, 0.15) is 60.0 Å². The van der Waals surface area contributed by atoms with Gasteiger partial charge in [0, 0.05) is 29.5 Å². The van der Waals surface area contributed by atoms with Crippen LogP contribution < -0.4 is 10.1 Å². The number of aromatic nitrogens is 2. The minimum Gasteiger partial charge on any atom is -0.439 e. The number of ether oxygens (including phenoxy) is 1. The maximum Gasteiger partial charge on any atom is 0.222 e. The van der Waals surface area contributed by atoms with Crippen molar-refractivity contribution < 1.29 is 9.53 Å². The summed E-state index contributed by atoms with van der Waals surface area (Å²) in [5.41, 5.74) is 1.40. The molecule has 0 saturated carbocycles. The van der Waals surface area contributed by atoms with E-state index in [1.807, 2.05) is 6.07 Å². The molecule has 0 bridgehead atoms. The standard InChI is InChI=1S/C20H27N3O2/c1-13(24)21-14-8-10-15(11-9-14)25-17-12-16(19(2,3)4)22-18(23-17)20(5,6)7/h8-12H,1-7H3,(H,21,24). The molecule has 0 unspecified atom stereocenters. The third-order valence-corrected chi connectivity index (χ3v) is 3.54. The number of nitrogens with zero attached hydrogens (tertiary/aromatic N) is 2. The Bertz CT molecular complexity index is 722. The number of benzene rings is 1. The molecule has 1 aromatic heterocycles. The second-order valence-corrected chi connectivity index (χ2v) is 8.22. The quantitative estimate of drug-likeness (QED) is 0.869. The summed E-state index contributed by atoms with van der Waals surface area (Å²) in [6, 6.07) is 9.10. The SMILES string of the molecule is CC(=O)Nc1ccc(Oc2cc(C(C)(C)C)nc(C(C)(C)C)n2)cc1. The molecule has 0 aliphatic carbocycles. The topological polar surface area (TPSA) is 64.1 Å². The molecule has 134 valence electrons. The molecular formula is C20H27N3O2. The van der Waals surface area contributed by atoms with Gasteiger partial charge in [-0.05, 0) is 24.3 Å². The van der Waals surface area contributed by atoms with Crippen LogP contribution in [-0.4, -0.2) is 15.9 Å². The van der Waals surface area contributed by atoms with Crippen LogP contribution in [0.5, 0.6) is 11.6 Å². The number of amides is 1. The third kappa shape index (κ3) is 5.28. The van der Waals surface area contributed by atoms with E-state index in [2.05, 4.69) is 51.8 Å². The Hall–Kier alpha value is -2.43. The van der Waals surface area contributed by atoms with Crippen molar-refractivity contribution in [1.29, 1.82) is 0 Å². The highest BCUT2D eigenvalue weighted by Gasteiger charge is 2.24. The lowest BCUT2D eigenvalue weighted by molar-refractivity contribution is -0.114. The summed E-state index contributed by atoms with van der Waals surface area (Å²) in [6.45, 7) is 14.1. The van der Waals surface area contributed by atoms with E-state index in [9.17, 15) is 4.79 Å². The average molecular weight is 341 g/mol. The minimum atomic E-state index is -0.172. The maximum atomic E-state index is 11.1. The largest absolute Gasteiger partial charge is 0.439 e. The molecule has 5 heteroatoms. The molecule has 2 aromatic rings.